The van der Waals surface area contributed by atoms with E-state index < -0.39 is 50.1 Å². The first-order valence-corrected chi connectivity index (χ1v) is 11.3. The Labute approximate surface area is 190 Å². The second-order valence-corrected chi connectivity index (χ2v) is 10.2. The van der Waals surface area contributed by atoms with Crippen molar-refractivity contribution in [2.75, 3.05) is 19.6 Å². The summed E-state index contributed by atoms with van der Waals surface area (Å²) in [7, 11) is -4.36. The summed E-state index contributed by atoms with van der Waals surface area (Å²) < 4.78 is 119. The molecule has 0 spiro atoms. The molecule has 1 amide bonds. The predicted octanol–water partition coefficient (Wildman–Crippen LogP) is 3.68. The summed E-state index contributed by atoms with van der Waals surface area (Å²) >= 11 is 0. The van der Waals surface area contributed by atoms with Gasteiger partial charge in [-0.15, -0.1) is 0 Å². The first kappa shape index (κ1) is 25.9. The van der Waals surface area contributed by atoms with E-state index in [1.54, 1.807) is 0 Å². The van der Waals surface area contributed by atoms with Crippen LogP contribution in [0.25, 0.3) is 0 Å². The first-order valence-electron chi connectivity index (χ1n) is 9.81. The van der Waals surface area contributed by atoms with Crippen molar-refractivity contribution >= 4 is 15.7 Å². The molecule has 0 saturated carbocycles. The van der Waals surface area contributed by atoms with E-state index in [1.165, 1.54) is 4.90 Å². The zero-order valence-electron chi connectivity index (χ0n) is 17.3. The molecule has 2 N–H and O–H groups in total. The van der Waals surface area contributed by atoms with Crippen molar-refractivity contribution in [3.05, 3.63) is 65.5 Å². The topological polar surface area (TPSA) is 80.5 Å². The summed E-state index contributed by atoms with van der Waals surface area (Å²) in [5.74, 6) is -1.47. The van der Waals surface area contributed by atoms with Crippen LogP contribution in [0.3, 0.4) is 0 Å². The lowest BCUT2D eigenvalue weighted by molar-refractivity contribution is -0.274. The van der Waals surface area contributed by atoms with Crippen LogP contribution in [-0.4, -0.2) is 51.5 Å². The molecule has 2 aromatic rings. The highest BCUT2D eigenvalue weighted by Crippen LogP contribution is 2.48. The highest BCUT2D eigenvalue weighted by molar-refractivity contribution is 7.92. The van der Waals surface area contributed by atoms with E-state index in [9.17, 15) is 43.9 Å². The molecule has 5 nitrogen and oxygen atoms in total. The van der Waals surface area contributed by atoms with Gasteiger partial charge in [0.2, 0.25) is 5.91 Å². The van der Waals surface area contributed by atoms with Crippen molar-refractivity contribution in [2.24, 2.45) is 5.73 Å². The molecule has 34 heavy (non-hydrogen) atoms. The molecular formula is C21H19F7N2O3S. The number of nitrogens with zero attached hydrogens (tertiary/aromatic N) is 1. The zero-order valence-corrected chi connectivity index (χ0v) is 18.1. The normalized spacial score (nSPS) is 21.5. The minimum Gasteiger partial charge on any atom is -0.369 e. The monoisotopic (exact) mass is 512 g/mol. The van der Waals surface area contributed by atoms with Crippen LogP contribution in [0.2, 0.25) is 0 Å². The van der Waals surface area contributed by atoms with Crippen molar-refractivity contribution in [3.8, 4) is 0 Å². The van der Waals surface area contributed by atoms with Crippen LogP contribution < -0.4 is 5.73 Å². The lowest BCUT2D eigenvalue weighted by atomic mass is 9.90. The van der Waals surface area contributed by atoms with Gasteiger partial charge in [0.05, 0.1) is 11.4 Å². The van der Waals surface area contributed by atoms with Crippen molar-refractivity contribution in [2.45, 2.75) is 34.3 Å². The quantitative estimate of drug-likeness (QED) is 0.454. The molecular weight excluding hydrogens is 493 g/mol. The Morgan fingerprint density at radius 3 is 2.06 bits per heavy atom. The maximum Gasteiger partial charge on any atom is 0.432 e. The van der Waals surface area contributed by atoms with Crippen LogP contribution in [0.15, 0.2) is 53.4 Å². The van der Waals surface area contributed by atoms with Crippen LogP contribution in [0.5, 0.6) is 0 Å². The third-order valence-electron chi connectivity index (χ3n) is 5.87. The summed E-state index contributed by atoms with van der Waals surface area (Å²) in [4.78, 5) is 12.4. The number of hydrogen-bond acceptors (Lipinski definition) is 4. The van der Waals surface area contributed by atoms with Crippen LogP contribution in [0.1, 0.15) is 17.5 Å². The van der Waals surface area contributed by atoms with E-state index in [4.69, 9.17) is 5.73 Å². The number of likely N-dealkylation sites (tertiary alicyclic amines) is 1. The summed E-state index contributed by atoms with van der Waals surface area (Å²) in [6, 6.07) is 6.43. The fourth-order valence-corrected chi connectivity index (χ4v) is 6.20. The molecule has 0 bridgehead atoms. The van der Waals surface area contributed by atoms with E-state index in [0.717, 1.165) is 36.4 Å². The second kappa shape index (κ2) is 8.84. The Balaban J connectivity index is 2.13. The molecule has 0 radical (unpaired) electrons. The lowest BCUT2D eigenvalue weighted by Crippen LogP contribution is -2.44. The van der Waals surface area contributed by atoms with Gasteiger partial charge in [0.15, 0.2) is 9.84 Å². The molecule has 1 aliphatic heterocycles. The highest BCUT2D eigenvalue weighted by atomic mass is 32.2. The summed E-state index contributed by atoms with van der Waals surface area (Å²) in [6.07, 6.45) is -10.5. The molecule has 1 heterocycles. The zero-order chi connectivity index (χ0) is 25.5. The highest BCUT2D eigenvalue weighted by Gasteiger charge is 2.64. The third kappa shape index (κ3) is 4.26. The van der Waals surface area contributed by atoms with Crippen molar-refractivity contribution in [1.29, 1.82) is 0 Å². The Kier molecular flexibility index (Phi) is 6.74. The van der Waals surface area contributed by atoms with Crippen LogP contribution in [-0.2, 0) is 25.0 Å². The van der Waals surface area contributed by atoms with Gasteiger partial charge >= 0.3 is 6.18 Å². The van der Waals surface area contributed by atoms with E-state index in [2.05, 4.69) is 0 Å². The number of benzene rings is 2. The third-order valence-corrected chi connectivity index (χ3v) is 8.36. The van der Waals surface area contributed by atoms with Gasteiger partial charge in [0.25, 0.3) is 12.1 Å². The fraction of sp³-hybridized carbons (Fsp3) is 0.381. The molecule has 0 aliphatic carbocycles. The smallest absolute Gasteiger partial charge is 0.369 e. The number of sulfone groups is 1. The van der Waals surface area contributed by atoms with Gasteiger partial charge < -0.3 is 5.73 Å². The minimum absolute atomic E-state index is 0.0533. The molecule has 2 atom stereocenters. The lowest BCUT2D eigenvalue weighted by Gasteiger charge is -2.31. The number of hydrogen-bond donors (Lipinski definition) is 1. The van der Waals surface area contributed by atoms with Crippen LogP contribution >= 0.6 is 0 Å². The van der Waals surface area contributed by atoms with Crippen molar-refractivity contribution in [1.82, 2.24) is 4.90 Å². The number of carbonyl (C=O) groups is 1. The molecule has 3 rings (SSSR count). The van der Waals surface area contributed by atoms with Crippen molar-refractivity contribution < 1.29 is 43.9 Å². The van der Waals surface area contributed by atoms with Gasteiger partial charge in [-0.2, -0.15) is 13.2 Å². The largest absolute Gasteiger partial charge is 0.432 e. The molecule has 2 aromatic carbocycles. The Morgan fingerprint density at radius 2 is 1.59 bits per heavy atom. The molecule has 1 fully saturated rings. The van der Waals surface area contributed by atoms with Crippen LogP contribution in [0, 0.1) is 5.82 Å². The number of amides is 1. The van der Waals surface area contributed by atoms with E-state index in [-0.39, 0.29) is 36.5 Å². The Hall–Kier alpha value is -2.67. The molecule has 1 saturated heterocycles. The van der Waals surface area contributed by atoms with Crippen LogP contribution in [0.4, 0.5) is 30.7 Å². The predicted molar refractivity (Wildman–Crippen MR) is 107 cm³/mol. The minimum atomic E-state index is -5.92. The molecule has 0 aromatic heterocycles. The van der Waals surface area contributed by atoms with Gasteiger partial charge in [-0.05, 0) is 36.2 Å². The maximum atomic E-state index is 14.4. The molecule has 0 unspecified atom stereocenters. The standard InChI is InChI=1S/C21H19F7N2O3S/c22-15-5-7-16(8-6-15)34(32,33)19(9-10-30(12-19)11-17(29)31)13-1-3-14(4-2-13)20(25,18(23)24)21(26,27)28/h1-8,18H,9-12H2,(H2,29,31)/t19-,20+/m0/s1. The summed E-state index contributed by atoms with van der Waals surface area (Å²) in [5, 5.41) is 0. The molecule has 1 aliphatic rings. The average molecular weight is 512 g/mol. The average Bonchev–Trinajstić information content (AvgIpc) is 3.17. The first-order chi connectivity index (χ1) is 15.6. The van der Waals surface area contributed by atoms with Gasteiger partial charge in [-0.1, -0.05) is 24.3 Å². The maximum absolute atomic E-state index is 14.4. The number of halogens is 7. The van der Waals surface area contributed by atoms with Gasteiger partial charge in [-0.3, -0.25) is 9.69 Å². The fourth-order valence-electron chi connectivity index (χ4n) is 4.09. The van der Waals surface area contributed by atoms with E-state index in [0.29, 0.717) is 12.1 Å². The summed E-state index contributed by atoms with van der Waals surface area (Å²) in [5.41, 5.74) is -1.27. The molecule has 186 valence electrons. The Bertz CT molecular complexity index is 1150. The Morgan fingerprint density at radius 1 is 1.03 bits per heavy atom. The van der Waals surface area contributed by atoms with Crippen molar-refractivity contribution in [3.63, 3.8) is 0 Å². The second-order valence-electron chi connectivity index (χ2n) is 7.97. The number of nitrogens with two attached hydrogens (primary N) is 1. The molecule has 13 heteroatoms. The SMILES string of the molecule is NC(=O)CN1CC[C@](c2ccc([C@@](F)(C(F)F)C(F)(F)F)cc2)(S(=O)(=O)c2ccc(F)cc2)C1. The van der Waals surface area contributed by atoms with Gasteiger partial charge in [-0.25, -0.2) is 26.0 Å². The number of rotatable bonds is 7. The number of alkyl halides is 6. The number of carbonyl (C=O) groups excluding carboxylic acids is 1. The van der Waals surface area contributed by atoms with Gasteiger partial charge in [0.1, 0.15) is 10.6 Å². The number of primary amides is 1. The summed E-state index contributed by atoms with van der Waals surface area (Å²) in [6.45, 7) is -0.576. The van der Waals surface area contributed by atoms with Gasteiger partial charge in [0, 0.05) is 18.7 Å². The van der Waals surface area contributed by atoms with E-state index >= 15 is 0 Å². The van der Waals surface area contributed by atoms with E-state index in [1.807, 2.05) is 0 Å².